The molecule has 4 atom stereocenters. The summed E-state index contributed by atoms with van der Waals surface area (Å²) in [6.45, 7) is 6.03. The Kier molecular flexibility index (Phi) is 27.8. The van der Waals surface area contributed by atoms with Crippen LogP contribution in [-0.2, 0) is 19.3 Å². The second-order valence-electron chi connectivity index (χ2n) is 32.0. The van der Waals surface area contributed by atoms with Crippen LogP contribution in [0.5, 0.6) is 0 Å². The topological polar surface area (TPSA) is 144 Å². The summed E-state index contributed by atoms with van der Waals surface area (Å²) in [6.07, 6.45) is 36.0. The number of nitrogens with one attached hydrogen (secondary N) is 3. The Morgan fingerprint density at radius 3 is 0.991 bits per heavy atom. The molecule has 6 aliphatic carbocycles. The van der Waals surface area contributed by atoms with Gasteiger partial charge in [0.1, 0.15) is 17.5 Å². The highest BCUT2D eigenvalue weighted by molar-refractivity contribution is 6.37. The molecule has 114 heavy (non-hydrogen) atoms. The number of hydrazine groups is 1. The SMILES string of the molecule is C[C@@H](NC(=O)c1nn(-c2ccc(Cl)cc2Cl)c2c1CCCCC/C2=C\c1ccc(F)cc1)C1CCCCC1.C[C@H](NC(=O)c1nn(-c2ccc(Cl)cc2Cl)c2c1CCCCC/C2=C\c1ccc(F)cc1)C1CCCCC1.O=C(NN1CC2CCCC2C1)c1nn(-c2ccc(Cl)cc2Cl)c2c1CCCCC/C2=C\c1ccc(F)cc1. The molecule has 598 valence electrons. The zero-order valence-corrected chi connectivity index (χ0v) is 69.3. The Morgan fingerprint density at radius 2 is 0.675 bits per heavy atom. The van der Waals surface area contributed by atoms with Crippen LogP contribution >= 0.6 is 69.6 Å². The van der Waals surface area contributed by atoms with E-state index in [-0.39, 0.29) is 47.3 Å². The van der Waals surface area contributed by atoms with E-state index < -0.39 is 0 Å². The summed E-state index contributed by atoms with van der Waals surface area (Å²) in [5.41, 5.74) is 17.9. The van der Waals surface area contributed by atoms with E-state index in [0.717, 1.165) is 202 Å². The fraction of sp³-hybridized carbons (Fsp3) is 0.413. The van der Waals surface area contributed by atoms with Gasteiger partial charge in [-0.3, -0.25) is 19.8 Å². The summed E-state index contributed by atoms with van der Waals surface area (Å²) in [5.74, 6) is 1.09. The monoisotopic (exact) mass is 1660 g/mol. The van der Waals surface area contributed by atoms with Gasteiger partial charge in [0.2, 0.25) is 0 Å². The van der Waals surface area contributed by atoms with Crippen LogP contribution < -0.4 is 16.1 Å². The van der Waals surface area contributed by atoms with Crippen molar-refractivity contribution in [2.24, 2.45) is 23.7 Å². The standard InChI is InChI=1S/2C31H34Cl2FN3O.C30H31Cl2FN4O/c2*1-20(22-8-4-2-5-9-22)35-31(38)29-26-11-7-3-6-10-23(18-21-12-15-25(34)16-13-21)30(26)37(36-29)28-17-14-24(32)19-27(28)33;31-23-11-14-27(26(32)16-23)37-29-20(15-19-9-12-24(33)13-10-19)5-2-1-3-8-25(29)28(34-37)30(38)35-36-17-21-6-4-7-22(21)18-36/h2*12-20,22H,2-11H2,1H3,(H,35,38);9-16,21-22H,1-8,17-18H2,(H,35,38)/b2*23-18+;20-15+/t2*20-;/m10./s1. The number of aromatic nitrogens is 6. The van der Waals surface area contributed by atoms with Crippen LogP contribution in [-0.4, -0.2) is 77.2 Å². The van der Waals surface area contributed by atoms with E-state index in [1.165, 1.54) is 94.2 Å². The van der Waals surface area contributed by atoms with Crippen LogP contribution in [0.3, 0.4) is 0 Å². The van der Waals surface area contributed by atoms with E-state index in [1.54, 1.807) is 72.8 Å². The Hall–Kier alpha value is -7.93. The molecule has 3 aromatic heterocycles. The van der Waals surface area contributed by atoms with Crippen LogP contribution in [0.2, 0.25) is 30.1 Å². The Balaban J connectivity index is 0.000000141. The summed E-state index contributed by atoms with van der Waals surface area (Å²) in [6, 6.07) is 35.6. The van der Waals surface area contributed by atoms with Crippen LogP contribution in [0.1, 0.15) is 256 Å². The van der Waals surface area contributed by atoms with Crippen molar-refractivity contribution in [3.63, 3.8) is 0 Å². The lowest BCUT2D eigenvalue weighted by Crippen LogP contribution is -2.41. The molecule has 9 aromatic rings. The molecule has 3 amide bonds. The molecular formula is C92H99Cl6F3N10O3. The van der Waals surface area contributed by atoms with Gasteiger partial charge >= 0.3 is 0 Å². The van der Waals surface area contributed by atoms with Crippen molar-refractivity contribution in [2.75, 3.05) is 13.1 Å². The lowest BCUT2D eigenvalue weighted by atomic mass is 9.84. The van der Waals surface area contributed by atoms with Gasteiger partial charge in [-0.05, 0) is 296 Å². The van der Waals surface area contributed by atoms with Crippen molar-refractivity contribution in [2.45, 2.75) is 206 Å². The first-order valence-corrected chi connectivity index (χ1v) is 43.3. The normalized spacial score (nSPS) is 19.9. The molecular weight excluding hydrogens is 1560 g/mol. The molecule has 7 aliphatic rings. The third kappa shape index (κ3) is 20.0. The van der Waals surface area contributed by atoms with Gasteiger partial charge in [0.25, 0.3) is 17.7 Å². The number of carbonyl (C=O) groups excluding carboxylic acids is 3. The number of halogens is 9. The summed E-state index contributed by atoms with van der Waals surface area (Å²) >= 11 is 38.6. The molecule has 3 saturated carbocycles. The van der Waals surface area contributed by atoms with Gasteiger partial charge in [-0.25, -0.2) is 32.2 Å². The third-order valence-corrected chi connectivity index (χ3v) is 25.7. The molecule has 2 unspecified atom stereocenters. The maximum absolute atomic E-state index is 13.8. The van der Waals surface area contributed by atoms with Crippen LogP contribution in [0.4, 0.5) is 13.2 Å². The number of rotatable bonds is 14. The number of amides is 3. The van der Waals surface area contributed by atoms with Crippen LogP contribution in [0.25, 0.3) is 52.0 Å². The minimum absolute atomic E-state index is 0.0884. The number of benzene rings is 6. The van der Waals surface area contributed by atoms with Gasteiger partial charge < -0.3 is 10.6 Å². The predicted octanol–water partition coefficient (Wildman–Crippen LogP) is 24.7. The van der Waals surface area contributed by atoms with Crippen molar-refractivity contribution in [3.05, 3.63) is 243 Å². The van der Waals surface area contributed by atoms with Crippen LogP contribution in [0.15, 0.2) is 127 Å². The van der Waals surface area contributed by atoms with Crippen molar-refractivity contribution in [1.29, 1.82) is 0 Å². The lowest BCUT2D eigenvalue weighted by molar-refractivity contribution is 0.0806. The van der Waals surface area contributed by atoms with E-state index in [0.29, 0.717) is 88.0 Å². The molecule has 13 nitrogen and oxygen atoms in total. The average Bonchev–Trinajstić information content (AvgIpc) is 1.62. The third-order valence-electron chi connectivity index (χ3n) is 24.1. The van der Waals surface area contributed by atoms with Crippen molar-refractivity contribution >= 4 is 122 Å². The van der Waals surface area contributed by atoms with Gasteiger partial charge in [-0.2, -0.15) is 15.3 Å². The maximum Gasteiger partial charge on any atom is 0.286 e. The molecule has 22 heteroatoms. The lowest BCUT2D eigenvalue weighted by Gasteiger charge is -2.28. The molecule has 0 spiro atoms. The maximum atomic E-state index is 13.8. The predicted molar refractivity (Wildman–Crippen MR) is 457 cm³/mol. The summed E-state index contributed by atoms with van der Waals surface area (Å²) in [7, 11) is 0. The zero-order chi connectivity index (χ0) is 79.5. The van der Waals surface area contributed by atoms with Gasteiger partial charge in [0.15, 0.2) is 17.1 Å². The van der Waals surface area contributed by atoms with E-state index in [1.807, 2.05) is 32.2 Å². The van der Waals surface area contributed by atoms with Crippen molar-refractivity contribution in [1.82, 2.24) is 50.4 Å². The van der Waals surface area contributed by atoms with Gasteiger partial charge in [0.05, 0.1) is 49.2 Å². The molecule has 4 fully saturated rings. The number of hydrogen-bond donors (Lipinski definition) is 3. The fourth-order valence-corrected chi connectivity index (χ4v) is 19.6. The summed E-state index contributed by atoms with van der Waals surface area (Å²) in [5, 5.41) is 26.4. The fourth-order valence-electron chi connectivity index (χ4n) is 18.1. The van der Waals surface area contributed by atoms with Crippen molar-refractivity contribution < 1.29 is 27.6 Å². The van der Waals surface area contributed by atoms with Crippen molar-refractivity contribution in [3.8, 4) is 17.1 Å². The second kappa shape index (κ2) is 38.4. The molecule has 16 rings (SSSR count). The Bertz CT molecular complexity index is 4550. The molecule has 3 N–H and O–H groups in total. The molecule has 0 radical (unpaired) electrons. The second-order valence-corrected chi connectivity index (χ2v) is 34.5. The molecule has 6 aromatic carbocycles. The minimum Gasteiger partial charge on any atom is -0.348 e. The first-order chi connectivity index (χ1) is 55.3. The molecule has 1 aliphatic heterocycles. The van der Waals surface area contributed by atoms with E-state index in [9.17, 15) is 27.6 Å². The number of carbonyl (C=O) groups is 3. The molecule has 4 heterocycles. The van der Waals surface area contributed by atoms with Gasteiger partial charge in [-0.1, -0.05) is 170 Å². The summed E-state index contributed by atoms with van der Waals surface area (Å²) in [4.78, 5) is 41.2. The molecule has 0 bridgehead atoms. The average molecular weight is 1660 g/mol. The van der Waals surface area contributed by atoms with E-state index in [2.05, 4.69) is 53.1 Å². The highest BCUT2D eigenvalue weighted by atomic mass is 35.5. The minimum atomic E-state index is -0.270. The number of fused-ring (bicyclic) bond motifs is 4. The molecule has 1 saturated heterocycles. The Morgan fingerprint density at radius 1 is 0.377 bits per heavy atom. The van der Waals surface area contributed by atoms with Gasteiger partial charge in [-0.15, -0.1) is 0 Å². The Labute approximate surface area is 697 Å². The van der Waals surface area contributed by atoms with Crippen LogP contribution in [0, 0.1) is 41.1 Å². The highest BCUT2D eigenvalue weighted by Crippen LogP contribution is 2.43. The number of nitrogens with zero attached hydrogens (tertiary/aromatic N) is 7. The van der Waals surface area contributed by atoms with E-state index in [4.69, 9.17) is 84.9 Å². The van der Waals surface area contributed by atoms with E-state index >= 15 is 0 Å². The first kappa shape index (κ1) is 82.6. The quantitative estimate of drug-likeness (QED) is 0.0983. The first-order valence-electron chi connectivity index (χ1n) is 41.1. The largest absolute Gasteiger partial charge is 0.348 e. The highest BCUT2D eigenvalue weighted by Gasteiger charge is 2.39. The number of hydrogen-bond acceptors (Lipinski definition) is 7. The van der Waals surface area contributed by atoms with Gasteiger partial charge in [0, 0.05) is 56.9 Å². The smallest absolute Gasteiger partial charge is 0.286 e. The summed E-state index contributed by atoms with van der Waals surface area (Å²) < 4.78 is 46.3. The number of allylic oxidation sites excluding steroid dienone is 3. The zero-order valence-electron chi connectivity index (χ0n) is 64.8.